The lowest BCUT2D eigenvalue weighted by Gasteiger charge is -2.22. The second-order valence-electron chi connectivity index (χ2n) is 7.00. The summed E-state index contributed by atoms with van der Waals surface area (Å²) in [6.45, 7) is 5.27. The fourth-order valence-electron chi connectivity index (χ4n) is 2.81. The first-order valence-corrected chi connectivity index (χ1v) is 11.5. The van der Waals surface area contributed by atoms with Crippen molar-refractivity contribution in [2.24, 2.45) is 0 Å². The summed E-state index contributed by atoms with van der Waals surface area (Å²) in [5.41, 5.74) is 3.63. The number of hydrogen-bond donors (Lipinski definition) is 1. The van der Waals surface area contributed by atoms with Crippen LogP contribution < -0.4 is 5.32 Å². The molecular formula is C22H27N3OS2. The van der Waals surface area contributed by atoms with Gasteiger partial charge in [-0.2, -0.15) is 11.8 Å². The van der Waals surface area contributed by atoms with E-state index in [4.69, 9.17) is 4.98 Å². The Morgan fingerprint density at radius 1 is 1.21 bits per heavy atom. The van der Waals surface area contributed by atoms with Crippen molar-refractivity contribution in [3.05, 3.63) is 64.7 Å². The van der Waals surface area contributed by atoms with Crippen molar-refractivity contribution in [2.45, 2.75) is 25.6 Å². The van der Waals surface area contributed by atoms with Gasteiger partial charge in [-0.05, 0) is 38.6 Å². The van der Waals surface area contributed by atoms with Gasteiger partial charge < -0.3 is 5.32 Å². The van der Waals surface area contributed by atoms with Crippen LogP contribution in [0.5, 0.6) is 0 Å². The lowest BCUT2D eigenvalue weighted by molar-refractivity contribution is -0.122. The van der Waals surface area contributed by atoms with Crippen LogP contribution in [0.4, 0.5) is 0 Å². The predicted molar refractivity (Wildman–Crippen MR) is 121 cm³/mol. The minimum Gasteiger partial charge on any atom is -0.354 e. The minimum atomic E-state index is 0.0615. The zero-order valence-corrected chi connectivity index (χ0v) is 18.3. The molecule has 0 fully saturated rings. The first-order valence-electron chi connectivity index (χ1n) is 9.48. The molecule has 1 aromatic heterocycles. The molecule has 0 aliphatic heterocycles. The van der Waals surface area contributed by atoms with E-state index in [2.05, 4.69) is 49.5 Å². The Kier molecular flexibility index (Phi) is 7.48. The average Bonchev–Trinajstić information content (AvgIpc) is 3.12. The van der Waals surface area contributed by atoms with Crippen molar-refractivity contribution in [3.8, 4) is 0 Å². The molecular weight excluding hydrogens is 386 g/mol. The van der Waals surface area contributed by atoms with Gasteiger partial charge >= 0.3 is 0 Å². The number of rotatable bonds is 9. The quantitative estimate of drug-likeness (QED) is 0.519. The summed E-state index contributed by atoms with van der Waals surface area (Å²) < 4.78 is 1.19. The first-order chi connectivity index (χ1) is 13.5. The van der Waals surface area contributed by atoms with Gasteiger partial charge in [0.05, 0.1) is 22.8 Å². The molecule has 0 radical (unpaired) electrons. The van der Waals surface area contributed by atoms with Gasteiger partial charge in [0.2, 0.25) is 5.91 Å². The highest BCUT2D eigenvalue weighted by molar-refractivity contribution is 7.98. The third-order valence-corrected chi connectivity index (χ3v) is 6.92. The Bertz CT molecular complexity index is 875. The molecule has 1 N–H and O–H groups in total. The summed E-state index contributed by atoms with van der Waals surface area (Å²) in [4.78, 5) is 19.0. The molecule has 1 heterocycles. The number of fused-ring (bicyclic) bond motifs is 1. The van der Waals surface area contributed by atoms with Crippen LogP contribution in [-0.2, 0) is 10.5 Å². The highest BCUT2D eigenvalue weighted by Gasteiger charge is 2.18. The van der Waals surface area contributed by atoms with Crippen LogP contribution in [0, 0.1) is 6.92 Å². The zero-order chi connectivity index (χ0) is 19.9. The molecule has 6 heteroatoms. The lowest BCUT2D eigenvalue weighted by atomic mass is 10.2. The van der Waals surface area contributed by atoms with E-state index in [-0.39, 0.29) is 11.9 Å². The maximum atomic E-state index is 12.3. The largest absolute Gasteiger partial charge is 0.354 e. The van der Waals surface area contributed by atoms with E-state index in [9.17, 15) is 4.79 Å². The summed E-state index contributed by atoms with van der Waals surface area (Å²) in [6.07, 6.45) is 0. The number of hydrogen-bond acceptors (Lipinski definition) is 5. The Balaban J connectivity index is 1.38. The predicted octanol–water partition coefficient (Wildman–Crippen LogP) is 4.65. The second-order valence-corrected chi connectivity index (χ2v) is 9.17. The number of carbonyl (C=O) groups excluding carboxylic acids is 1. The molecule has 4 nitrogen and oxygen atoms in total. The van der Waals surface area contributed by atoms with Gasteiger partial charge in [0.1, 0.15) is 5.01 Å². The van der Waals surface area contributed by atoms with Crippen molar-refractivity contribution in [3.63, 3.8) is 0 Å². The molecule has 0 aliphatic carbocycles. The highest BCUT2D eigenvalue weighted by atomic mass is 32.2. The molecule has 0 saturated carbocycles. The summed E-state index contributed by atoms with van der Waals surface area (Å²) in [5.74, 6) is 1.95. The zero-order valence-electron chi connectivity index (χ0n) is 16.6. The van der Waals surface area contributed by atoms with E-state index in [1.807, 2.05) is 41.9 Å². The Hall–Kier alpha value is -1.89. The van der Waals surface area contributed by atoms with E-state index in [1.54, 1.807) is 11.3 Å². The molecule has 2 aromatic carbocycles. The number of carbonyl (C=O) groups is 1. The normalized spacial score (nSPS) is 12.4. The van der Waals surface area contributed by atoms with Gasteiger partial charge in [-0.15, -0.1) is 11.3 Å². The van der Waals surface area contributed by atoms with Crippen LogP contribution in [0.25, 0.3) is 10.2 Å². The van der Waals surface area contributed by atoms with Crippen molar-refractivity contribution in [2.75, 3.05) is 25.9 Å². The number of nitrogens with zero attached hydrogens (tertiary/aromatic N) is 2. The highest BCUT2D eigenvalue weighted by Crippen LogP contribution is 2.28. The number of nitrogens with one attached hydrogen (secondary N) is 1. The number of likely N-dealkylation sites (N-methyl/N-ethyl adjacent to an activating group) is 1. The van der Waals surface area contributed by atoms with Crippen LogP contribution in [-0.4, -0.2) is 41.7 Å². The SMILES string of the molecule is Cc1ccc(CSCCNC(=O)CN(C)[C@H](C)c2nc3ccccc3s2)cc1. The topological polar surface area (TPSA) is 45.2 Å². The number of aryl methyl sites for hydroxylation is 1. The molecule has 28 heavy (non-hydrogen) atoms. The van der Waals surface area contributed by atoms with Crippen molar-refractivity contribution < 1.29 is 4.79 Å². The van der Waals surface area contributed by atoms with Gasteiger partial charge in [-0.1, -0.05) is 42.0 Å². The van der Waals surface area contributed by atoms with Gasteiger partial charge in [-0.25, -0.2) is 4.98 Å². The van der Waals surface area contributed by atoms with Gasteiger partial charge in [0, 0.05) is 18.1 Å². The van der Waals surface area contributed by atoms with E-state index in [1.165, 1.54) is 15.8 Å². The summed E-state index contributed by atoms with van der Waals surface area (Å²) >= 11 is 3.54. The molecule has 3 aromatic rings. The summed E-state index contributed by atoms with van der Waals surface area (Å²) in [5, 5.41) is 4.07. The average molecular weight is 414 g/mol. The number of para-hydroxylation sites is 1. The molecule has 3 rings (SSSR count). The number of aromatic nitrogens is 1. The Labute approximate surface area is 175 Å². The third kappa shape index (κ3) is 5.80. The molecule has 1 amide bonds. The minimum absolute atomic E-state index is 0.0615. The van der Waals surface area contributed by atoms with E-state index < -0.39 is 0 Å². The summed E-state index contributed by atoms with van der Waals surface area (Å²) in [6, 6.07) is 16.9. The number of thioether (sulfide) groups is 1. The lowest BCUT2D eigenvalue weighted by Crippen LogP contribution is -2.37. The van der Waals surface area contributed by atoms with E-state index in [0.29, 0.717) is 13.1 Å². The van der Waals surface area contributed by atoms with E-state index in [0.717, 1.165) is 22.0 Å². The maximum Gasteiger partial charge on any atom is 0.234 e. The second kappa shape index (κ2) is 10.0. The third-order valence-electron chi connectivity index (χ3n) is 4.68. The molecule has 1 atom stereocenters. The molecule has 0 unspecified atom stereocenters. The van der Waals surface area contributed by atoms with Crippen LogP contribution in [0.1, 0.15) is 29.1 Å². The van der Waals surface area contributed by atoms with E-state index >= 15 is 0 Å². The number of benzene rings is 2. The molecule has 0 bridgehead atoms. The van der Waals surface area contributed by atoms with Crippen LogP contribution in [0.15, 0.2) is 48.5 Å². The fraction of sp³-hybridized carbons (Fsp3) is 0.364. The Morgan fingerprint density at radius 2 is 1.96 bits per heavy atom. The van der Waals surface area contributed by atoms with Crippen LogP contribution in [0.3, 0.4) is 0 Å². The van der Waals surface area contributed by atoms with Crippen LogP contribution >= 0.6 is 23.1 Å². The molecule has 0 spiro atoms. The van der Waals surface area contributed by atoms with Crippen LogP contribution in [0.2, 0.25) is 0 Å². The molecule has 0 saturated heterocycles. The number of thiazole rings is 1. The first kappa shape index (κ1) is 20.8. The summed E-state index contributed by atoms with van der Waals surface area (Å²) in [7, 11) is 1.97. The van der Waals surface area contributed by atoms with Gasteiger partial charge in [-0.3, -0.25) is 9.69 Å². The molecule has 0 aliphatic rings. The van der Waals surface area contributed by atoms with Gasteiger partial charge in [0.25, 0.3) is 0 Å². The van der Waals surface area contributed by atoms with Crippen molar-refractivity contribution >= 4 is 39.2 Å². The Morgan fingerprint density at radius 3 is 2.71 bits per heavy atom. The monoisotopic (exact) mass is 413 g/mol. The number of amides is 1. The fourth-order valence-corrected chi connectivity index (χ4v) is 4.72. The maximum absolute atomic E-state index is 12.3. The standard InChI is InChI=1S/C22H27N3OS2/c1-16-8-10-18(11-9-16)15-27-13-12-23-21(26)14-25(3)17(2)22-24-19-6-4-5-7-20(19)28-22/h4-11,17H,12-15H2,1-3H3,(H,23,26)/t17-/m1/s1. The van der Waals surface area contributed by atoms with Gasteiger partial charge in [0.15, 0.2) is 0 Å². The molecule has 148 valence electrons. The smallest absolute Gasteiger partial charge is 0.234 e. The van der Waals surface area contributed by atoms with Crippen molar-refractivity contribution in [1.82, 2.24) is 15.2 Å². The van der Waals surface area contributed by atoms with Crippen molar-refractivity contribution in [1.29, 1.82) is 0 Å².